The van der Waals surface area contributed by atoms with E-state index in [1.54, 1.807) is 0 Å². The van der Waals surface area contributed by atoms with Crippen molar-refractivity contribution in [3.63, 3.8) is 0 Å². The van der Waals surface area contributed by atoms with Crippen molar-refractivity contribution < 1.29 is 54.3 Å². The minimum atomic E-state index is -4.81. The van der Waals surface area contributed by atoms with Gasteiger partial charge in [0, 0.05) is 0 Å². The van der Waals surface area contributed by atoms with E-state index in [1.807, 2.05) is 0 Å². The van der Waals surface area contributed by atoms with Crippen molar-refractivity contribution >= 4 is 7.82 Å². The van der Waals surface area contributed by atoms with Crippen molar-refractivity contribution in [2.45, 2.75) is 42.7 Å². The highest BCUT2D eigenvalue weighted by Crippen LogP contribution is 2.36. The van der Waals surface area contributed by atoms with Crippen LogP contribution < -0.4 is 0 Å². The number of aliphatic hydroxyl groups excluding tert-OH is 6. The van der Waals surface area contributed by atoms with E-state index in [1.165, 1.54) is 0 Å². The molecule has 1 aliphatic rings. The molecule has 0 spiro atoms. The molecule has 7 atom stereocenters. The fourth-order valence-electron chi connectivity index (χ4n) is 1.90. The molecule has 11 nitrogen and oxygen atoms in total. The molecule has 1 rings (SSSR count). The van der Waals surface area contributed by atoms with E-state index in [-0.39, 0.29) is 0 Å². The third kappa shape index (κ3) is 4.91. The van der Waals surface area contributed by atoms with Gasteiger partial charge >= 0.3 is 7.82 Å². The van der Waals surface area contributed by atoms with Crippen LogP contribution in [-0.2, 0) is 13.8 Å². The Labute approximate surface area is 119 Å². The lowest BCUT2D eigenvalue weighted by atomic mass is 9.85. The standard InChI is InChI=1S/C9H19O11P/c10-1-3(2-19-21(16,17)18)20-9-7(14)5(12)4(11)6(13)8(9)15/h3-15H,1-2H2,(H2,16,17,18)/t3?,4?,5-,6+,7-,8-,9?/m0/s1. The van der Waals surface area contributed by atoms with Crippen LogP contribution in [0.5, 0.6) is 0 Å². The molecule has 3 unspecified atom stereocenters. The van der Waals surface area contributed by atoms with E-state index in [2.05, 4.69) is 4.52 Å². The van der Waals surface area contributed by atoms with Crippen molar-refractivity contribution in [1.29, 1.82) is 0 Å². The van der Waals surface area contributed by atoms with Crippen molar-refractivity contribution in [2.75, 3.05) is 13.2 Å². The van der Waals surface area contributed by atoms with Gasteiger partial charge in [-0.25, -0.2) is 4.57 Å². The van der Waals surface area contributed by atoms with Gasteiger partial charge in [0.2, 0.25) is 0 Å². The van der Waals surface area contributed by atoms with Gasteiger partial charge in [0.05, 0.1) is 13.2 Å². The van der Waals surface area contributed by atoms with Gasteiger partial charge in [0.1, 0.15) is 42.7 Å². The first-order valence-corrected chi connectivity index (χ1v) is 7.48. The second-order valence-corrected chi connectivity index (χ2v) is 5.88. The Bertz CT molecular complexity index is 357. The third-order valence-electron chi connectivity index (χ3n) is 3.05. The molecule has 12 heteroatoms. The van der Waals surface area contributed by atoms with E-state index in [0.717, 1.165) is 0 Å². The number of ether oxygens (including phenoxy) is 1. The van der Waals surface area contributed by atoms with Crippen LogP contribution in [0, 0.1) is 0 Å². The summed E-state index contributed by atoms with van der Waals surface area (Å²) in [7, 11) is -4.81. The van der Waals surface area contributed by atoms with Crippen molar-refractivity contribution in [1.82, 2.24) is 0 Å². The highest BCUT2D eigenvalue weighted by Gasteiger charge is 2.49. The molecular formula is C9H19O11P. The predicted molar refractivity (Wildman–Crippen MR) is 63.8 cm³/mol. The Morgan fingerprint density at radius 3 is 1.71 bits per heavy atom. The van der Waals surface area contributed by atoms with Gasteiger partial charge in [0.15, 0.2) is 0 Å². The van der Waals surface area contributed by atoms with Crippen molar-refractivity contribution in [3.05, 3.63) is 0 Å². The molecule has 1 saturated carbocycles. The van der Waals surface area contributed by atoms with Crippen LogP contribution in [0.25, 0.3) is 0 Å². The number of hydrogen-bond donors (Lipinski definition) is 8. The Morgan fingerprint density at radius 1 is 0.905 bits per heavy atom. The SMILES string of the molecule is O=P(O)(O)OCC(CO)OC1[C@@H](O)[C@H](O)C(O)[C@H](O)[C@@H]1O. The summed E-state index contributed by atoms with van der Waals surface area (Å²) in [4.78, 5) is 17.1. The Hall–Kier alpha value is -0.170. The van der Waals surface area contributed by atoms with Gasteiger partial charge < -0.3 is 45.2 Å². The summed E-state index contributed by atoms with van der Waals surface area (Å²) in [5.41, 5.74) is 0. The smallest absolute Gasteiger partial charge is 0.394 e. The molecule has 8 N–H and O–H groups in total. The van der Waals surface area contributed by atoms with Crippen molar-refractivity contribution in [3.8, 4) is 0 Å². The monoisotopic (exact) mass is 334 g/mol. The summed E-state index contributed by atoms with van der Waals surface area (Å²) in [6.45, 7) is -1.53. The molecule has 0 radical (unpaired) electrons. The molecule has 0 heterocycles. The topological polar surface area (TPSA) is 197 Å². The lowest BCUT2D eigenvalue weighted by Gasteiger charge is -2.42. The van der Waals surface area contributed by atoms with Crippen LogP contribution in [-0.4, -0.2) is 96.4 Å². The Balaban J connectivity index is 2.71. The average Bonchev–Trinajstić information content (AvgIpc) is 2.41. The molecule has 1 fully saturated rings. The first kappa shape index (κ1) is 18.9. The third-order valence-corrected chi connectivity index (χ3v) is 3.54. The van der Waals surface area contributed by atoms with E-state index in [9.17, 15) is 30.1 Å². The second kappa shape index (κ2) is 7.40. The van der Waals surface area contributed by atoms with Crippen LogP contribution in [0.3, 0.4) is 0 Å². The van der Waals surface area contributed by atoms with Gasteiger partial charge in [-0.2, -0.15) is 0 Å². The zero-order valence-corrected chi connectivity index (χ0v) is 11.6. The first-order valence-electron chi connectivity index (χ1n) is 5.95. The van der Waals surface area contributed by atoms with Crippen LogP contribution in [0.2, 0.25) is 0 Å². The molecule has 1 aliphatic carbocycles. The van der Waals surface area contributed by atoms with Crippen LogP contribution in [0.4, 0.5) is 0 Å². The fraction of sp³-hybridized carbons (Fsp3) is 1.00. The predicted octanol–water partition coefficient (Wildman–Crippen LogP) is -4.34. The molecule has 0 bridgehead atoms. The van der Waals surface area contributed by atoms with E-state index in [0.29, 0.717) is 0 Å². The minimum absolute atomic E-state index is 0.758. The highest BCUT2D eigenvalue weighted by atomic mass is 31.2. The van der Waals surface area contributed by atoms with Gasteiger partial charge in [-0.15, -0.1) is 0 Å². The maximum absolute atomic E-state index is 10.5. The molecule has 126 valence electrons. The summed E-state index contributed by atoms with van der Waals surface area (Å²) < 4.78 is 19.7. The number of phosphoric ester groups is 1. The lowest BCUT2D eigenvalue weighted by Crippen LogP contribution is -2.65. The number of hydrogen-bond acceptors (Lipinski definition) is 9. The van der Waals surface area contributed by atoms with E-state index < -0.39 is 63.8 Å². The van der Waals surface area contributed by atoms with E-state index >= 15 is 0 Å². The number of rotatable bonds is 6. The Morgan fingerprint density at radius 2 is 1.33 bits per heavy atom. The summed E-state index contributed by atoms with van der Waals surface area (Å²) >= 11 is 0. The second-order valence-electron chi connectivity index (χ2n) is 4.64. The summed E-state index contributed by atoms with van der Waals surface area (Å²) in [5, 5.41) is 56.7. The quantitative estimate of drug-likeness (QED) is 0.218. The lowest BCUT2D eigenvalue weighted by molar-refractivity contribution is -0.248. The highest BCUT2D eigenvalue weighted by molar-refractivity contribution is 7.46. The van der Waals surface area contributed by atoms with Gasteiger partial charge in [-0.1, -0.05) is 0 Å². The average molecular weight is 334 g/mol. The molecule has 21 heavy (non-hydrogen) atoms. The molecular weight excluding hydrogens is 315 g/mol. The molecule has 0 amide bonds. The van der Waals surface area contributed by atoms with Gasteiger partial charge in [-0.3, -0.25) is 4.52 Å². The maximum Gasteiger partial charge on any atom is 0.469 e. The number of phosphoric acid groups is 1. The maximum atomic E-state index is 10.5. The molecule has 0 aromatic heterocycles. The minimum Gasteiger partial charge on any atom is -0.394 e. The van der Waals surface area contributed by atoms with E-state index in [4.69, 9.17) is 19.6 Å². The summed E-state index contributed by atoms with van der Waals surface area (Å²) in [6, 6.07) is 0. The largest absolute Gasteiger partial charge is 0.469 e. The fourth-order valence-corrected chi connectivity index (χ4v) is 2.26. The normalized spacial score (nSPS) is 39.2. The molecule has 0 saturated heterocycles. The summed E-state index contributed by atoms with van der Waals surface area (Å²) in [5.74, 6) is 0. The van der Waals surface area contributed by atoms with Gasteiger partial charge in [0.25, 0.3) is 0 Å². The first-order chi connectivity index (χ1) is 9.58. The summed E-state index contributed by atoms with van der Waals surface area (Å²) in [6.07, 6.45) is -11.9. The zero-order valence-electron chi connectivity index (χ0n) is 10.7. The van der Waals surface area contributed by atoms with Crippen LogP contribution in [0.15, 0.2) is 0 Å². The van der Waals surface area contributed by atoms with Crippen molar-refractivity contribution in [2.24, 2.45) is 0 Å². The van der Waals surface area contributed by atoms with Crippen LogP contribution >= 0.6 is 7.82 Å². The Kier molecular flexibility index (Phi) is 6.65. The molecule has 0 aromatic carbocycles. The van der Waals surface area contributed by atoms with Crippen LogP contribution in [0.1, 0.15) is 0 Å². The molecule has 0 aromatic rings. The van der Waals surface area contributed by atoms with Gasteiger partial charge in [-0.05, 0) is 0 Å². The zero-order chi connectivity index (χ0) is 16.4. The molecule has 0 aliphatic heterocycles. The number of aliphatic hydroxyl groups is 6.